The third-order valence-electron chi connectivity index (χ3n) is 3.40. The zero-order chi connectivity index (χ0) is 13.6. The van der Waals surface area contributed by atoms with Gasteiger partial charge in [-0.3, -0.25) is 0 Å². The van der Waals surface area contributed by atoms with Gasteiger partial charge in [0.05, 0.1) is 5.56 Å². The molecule has 1 aromatic heterocycles. The zero-order valence-electron chi connectivity index (χ0n) is 10.1. The number of halogens is 3. The molecule has 0 aliphatic heterocycles. The maximum absolute atomic E-state index is 12.6. The van der Waals surface area contributed by atoms with Crippen LogP contribution in [0.1, 0.15) is 24.3 Å². The number of hydrogen-bond donors (Lipinski definition) is 1. The minimum atomic E-state index is -4.36. The molecular formula is C13H13F3N2O. The Bertz CT molecular complexity index is 601. The number of hydrogen-bond acceptors (Lipinski definition) is 3. The molecule has 1 aliphatic rings. The van der Waals surface area contributed by atoms with E-state index in [1.54, 1.807) is 0 Å². The van der Waals surface area contributed by atoms with Crippen molar-refractivity contribution in [1.82, 2.24) is 4.98 Å². The van der Waals surface area contributed by atoms with Crippen LogP contribution < -0.4 is 5.73 Å². The molecular weight excluding hydrogens is 257 g/mol. The first-order valence-electron chi connectivity index (χ1n) is 6.16. The zero-order valence-corrected chi connectivity index (χ0v) is 10.1. The van der Waals surface area contributed by atoms with Crippen molar-refractivity contribution in [2.45, 2.75) is 31.5 Å². The van der Waals surface area contributed by atoms with Crippen molar-refractivity contribution in [3.63, 3.8) is 0 Å². The van der Waals surface area contributed by atoms with Crippen molar-refractivity contribution in [2.75, 3.05) is 0 Å². The third kappa shape index (κ3) is 2.58. The Morgan fingerprint density at radius 2 is 2.11 bits per heavy atom. The second kappa shape index (κ2) is 4.23. The summed E-state index contributed by atoms with van der Waals surface area (Å²) in [5.41, 5.74) is 5.83. The van der Waals surface area contributed by atoms with Crippen molar-refractivity contribution in [1.29, 1.82) is 0 Å². The fourth-order valence-electron chi connectivity index (χ4n) is 2.13. The van der Waals surface area contributed by atoms with Crippen LogP contribution in [0.4, 0.5) is 13.2 Å². The number of nitrogens with two attached hydrogens (primary N) is 1. The Labute approximate surface area is 107 Å². The van der Waals surface area contributed by atoms with Crippen LogP contribution in [0.2, 0.25) is 0 Å². The van der Waals surface area contributed by atoms with Crippen molar-refractivity contribution >= 4 is 11.1 Å². The van der Waals surface area contributed by atoms with E-state index in [2.05, 4.69) is 4.98 Å². The molecule has 19 heavy (non-hydrogen) atoms. The maximum Gasteiger partial charge on any atom is 0.416 e. The molecule has 0 radical (unpaired) electrons. The van der Waals surface area contributed by atoms with E-state index in [4.69, 9.17) is 10.2 Å². The molecule has 0 amide bonds. The highest BCUT2D eigenvalue weighted by molar-refractivity contribution is 5.73. The van der Waals surface area contributed by atoms with Gasteiger partial charge in [0, 0.05) is 12.5 Å². The Balaban J connectivity index is 1.87. The summed E-state index contributed by atoms with van der Waals surface area (Å²) in [4.78, 5) is 4.09. The maximum atomic E-state index is 12.6. The van der Waals surface area contributed by atoms with Gasteiger partial charge >= 0.3 is 6.18 Å². The van der Waals surface area contributed by atoms with Gasteiger partial charge in [-0.15, -0.1) is 0 Å². The van der Waals surface area contributed by atoms with Crippen LogP contribution in [-0.2, 0) is 12.6 Å². The lowest BCUT2D eigenvalue weighted by Gasteiger charge is -2.05. The van der Waals surface area contributed by atoms with Crippen LogP contribution in [0.15, 0.2) is 22.6 Å². The number of fused-ring (bicyclic) bond motifs is 1. The summed E-state index contributed by atoms with van der Waals surface area (Å²) >= 11 is 0. The minimum Gasteiger partial charge on any atom is -0.441 e. The van der Waals surface area contributed by atoms with Gasteiger partial charge in [0.15, 0.2) is 11.5 Å². The summed E-state index contributed by atoms with van der Waals surface area (Å²) in [6, 6.07) is 3.29. The van der Waals surface area contributed by atoms with Gasteiger partial charge < -0.3 is 10.2 Å². The van der Waals surface area contributed by atoms with Crippen molar-refractivity contribution in [3.05, 3.63) is 29.7 Å². The molecule has 1 saturated carbocycles. The fourth-order valence-corrected chi connectivity index (χ4v) is 2.13. The SMILES string of the molecule is NC(Cc1nc2cc(C(F)(F)F)ccc2o1)C1CC1. The molecule has 1 heterocycles. The topological polar surface area (TPSA) is 52.0 Å². The Hall–Kier alpha value is -1.56. The normalized spacial score (nSPS) is 17.9. The standard InChI is InChI=1S/C13H13F3N2O/c14-13(15,16)8-3-4-11-10(5-8)18-12(19-11)6-9(17)7-1-2-7/h3-5,7,9H,1-2,6,17H2. The molecule has 0 saturated heterocycles. The molecule has 3 nitrogen and oxygen atoms in total. The lowest BCUT2D eigenvalue weighted by molar-refractivity contribution is -0.137. The minimum absolute atomic E-state index is 0.0184. The molecule has 0 spiro atoms. The molecule has 1 fully saturated rings. The molecule has 102 valence electrons. The van der Waals surface area contributed by atoms with Gasteiger partial charge in [0.1, 0.15) is 5.52 Å². The highest BCUT2D eigenvalue weighted by atomic mass is 19.4. The summed E-state index contributed by atoms with van der Waals surface area (Å²) < 4.78 is 43.1. The van der Waals surface area contributed by atoms with Crippen molar-refractivity contribution in [2.24, 2.45) is 11.7 Å². The van der Waals surface area contributed by atoms with Gasteiger partial charge in [0.2, 0.25) is 0 Å². The molecule has 2 aromatic rings. The molecule has 1 aliphatic carbocycles. The van der Waals surface area contributed by atoms with Crippen molar-refractivity contribution < 1.29 is 17.6 Å². The van der Waals surface area contributed by atoms with Crippen molar-refractivity contribution in [3.8, 4) is 0 Å². The Morgan fingerprint density at radius 3 is 2.74 bits per heavy atom. The van der Waals surface area contributed by atoms with Gasteiger partial charge in [-0.2, -0.15) is 13.2 Å². The molecule has 1 unspecified atom stereocenters. The molecule has 6 heteroatoms. The number of benzene rings is 1. The first-order chi connectivity index (χ1) is 8.93. The van der Waals surface area contributed by atoms with E-state index in [-0.39, 0.29) is 11.6 Å². The lowest BCUT2D eigenvalue weighted by atomic mass is 10.1. The number of rotatable bonds is 3. The lowest BCUT2D eigenvalue weighted by Crippen LogP contribution is -2.25. The van der Waals surface area contributed by atoms with E-state index in [9.17, 15) is 13.2 Å². The molecule has 1 aromatic carbocycles. The highest BCUT2D eigenvalue weighted by Crippen LogP contribution is 2.34. The number of oxazole rings is 1. The smallest absolute Gasteiger partial charge is 0.416 e. The third-order valence-corrected chi connectivity index (χ3v) is 3.40. The summed E-state index contributed by atoms with van der Waals surface area (Å²) in [5.74, 6) is 0.912. The van der Waals surface area contributed by atoms with E-state index in [0.29, 0.717) is 23.8 Å². The fraction of sp³-hybridized carbons (Fsp3) is 0.462. The first kappa shape index (κ1) is 12.5. The summed E-state index contributed by atoms with van der Waals surface area (Å²) in [6.45, 7) is 0. The summed E-state index contributed by atoms with van der Waals surface area (Å²) in [5, 5.41) is 0. The first-order valence-corrected chi connectivity index (χ1v) is 6.16. The number of alkyl halides is 3. The van der Waals surface area contributed by atoms with E-state index < -0.39 is 11.7 Å². The predicted molar refractivity (Wildman–Crippen MR) is 63.4 cm³/mol. The van der Waals surface area contributed by atoms with E-state index in [1.807, 2.05) is 0 Å². The van der Waals surface area contributed by atoms with Crippen LogP contribution in [0, 0.1) is 5.92 Å². The molecule has 3 rings (SSSR count). The van der Waals surface area contributed by atoms with Crippen LogP contribution in [0.3, 0.4) is 0 Å². The predicted octanol–water partition coefficient (Wildman–Crippen LogP) is 3.13. The second-order valence-electron chi connectivity index (χ2n) is 4.99. The highest BCUT2D eigenvalue weighted by Gasteiger charge is 2.32. The van der Waals surface area contributed by atoms with Gasteiger partial charge in [-0.05, 0) is 37.0 Å². The Kier molecular flexibility index (Phi) is 2.78. The average molecular weight is 270 g/mol. The summed E-state index contributed by atoms with van der Waals surface area (Å²) in [6.07, 6.45) is -1.67. The number of aromatic nitrogens is 1. The van der Waals surface area contributed by atoms with Gasteiger partial charge in [-0.1, -0.05) is 0 Å². The van der Waals surface area contributed by atoms with E-state index in [1.165, 1.54) is 6.07 Å². The van der Waals surface area contributed by atoms with E-state index in [0.717, 1.165) is 25.0 Å². The van der Waals surface area contributed by atoms with Crippen LogP contribution in [-0.4, -0.2) is 11.0 Å². The van der Waals surface area contributed by atoms with Crippen LogP contribution >= 0.6 is 0 Å². The quantitative estimate of drug-likeness (QED) is 0.932. The molecule has 2 N–H and O–H groups in total. The second-order valence-corrected chi connectivity index (χ2v) is 4.99. The summed E-state index contributed by atoms with van der Waals surface area (Å²) in [7, 11) is 0. The Morgan fingerprint density at radius 1 is 1.37 bits per heavy atom. The van der Waals surface area contributed by atoms with Gasteiger partial charge in [0.25, 0.3) is 0 Å². The number of nitrogens with zero attached hydrogens (tertiary/aromatic N) is 1. The average Bonchev–Trinajstić information content (AvgIpc) is 3.08. The van der Waals surface area contributed by atoms with Gasteiger partial charge in [-0.25, -0.2) is 4.98 Å². The monoisotopic (exact) mass is 270 g/mol. The van der Waals surface area contributed by atoms with E-state index >= 15 is 0 Å². The van der Waals surface area contributed by atoms with Crippen LogP contribution in [0.5, 0.6) is 0 Å². The largest absolute Gasteiger partial charge is 0.441 e. The van der Waals surface area contributed by atoms with Crippen LogP contribution in [0.25, 0.3) is 11.1 Å². The molecule has 0 bridgehead atoms. The molecule has 1 atom stereocenters.